The molecule has 1 heterocycles. The summed E-state index contributed by atoms with van der Waals surface area (Å²) in [5.41, 5.74) is 10.9. The summed E-state index contributed by atoms with van der Waals surface area (Å²) in [6, 6.07) is 20.6. The Morgan fingerprint density at radius 3 is 2.00 bits per heavy atom. The molecule has 7 heteroatoms. The summed E-state index contributed by atoms with van der Waals surface area (Å²) in [6.45, 7) is 2.66. The Balaban J connectivity index is 1.30. The van der Waals surface area contributed by atoms with Gasteiger partial charge in [0.05, 0.1) is 5.52 Å². The molecule has 0 atom stereocenters. The number of fused-ring (bicyclic) bond motifs is 1. The van der Waals surface area contributed by atoms with Crippen LogP contribution < -0.4 is 16.4 Å². The van der Waals surface area contributed by atoms with Crippen LogP contribution in [0.25, 0.3) is 22.0 Å². The van der Waals surface area contributed by atoms with Gasteiger partial charge in [-0.25, -0.2) is 0 Å². The lowest BCUT2D eigenvalue weighted by molar-refractivity contribution is 0.0927. The molecule has 1 aromatic heterocycles. The van der Waals surface area contributed by atoms with Crippen molar-refractivity contribution in [3.63, 3.8) is 0 Å². The van der Waals surface area contributed by atoms with Gasteiger partial charge in [-0.2, -0.15) is 5.10 Å². The van der Waals surface area contributed by atoms with E-state index in [-0.39, 0.29) is 11.8 Å². The standard InChI is InChI=1S/C24H23N5O2/c1-15-2-4-17(5-3-15)23(30)26-12-13-27-24(31)18-8-6-16(7-9-18)19-10-11-20-21(14-19)28-29-22(20)25/h2-11,14H,12-13H2,1H3,(H,26,30)(H,27,31)(H3,25,28,29). The quantitative estimate of drug-likeness (QED) is 0.363. The summed E-state index contributed by atoms with van der Waals surface area (Å²) in [4.78, 5) is 24.5. The van der Waals surface area contributed by atoms with Crippen molar-refractivity contribution in [3.8, 4) is 11.1 Å². The Morgan fingerprint density at radius 2 is 1.39 bits per heavy atom. The van der Waals surface area contributed by atoms with E-state index in [0.717, 1.165) is 27.6 Å². The van der Waals surface area contributed by atoms with Crippen LogP contribution in [-0.4, -0.2) is 35.1 Å². The van der Waals surface area contributed by atoms with Gasteiger partial charge in [0.15, 0.2) is 5.82 Å². The van der Waals surface area contributed by atoms with E-state index in [4.69, 9.17) is 5.73 Å². The van der Waals surface area contributed by atoms with Crippen molar-refractivity contribution in [2.24, 2.45) is 0 Å². The summed E-state index contributed by atoms with van der Waals surface area (Å²) >= 11 is 0. The molecule has 2 amide bonds. The molecule has 156 valence electrons. The van der Waals surface area contributed by atoms with Crippen LogP contribution >= 0.6 is 0 Å². The van der Waals surface area contributed by atoms with Crippen LogP contribution in [0.1, 0.15) is 26.3 Å². The van der Waals surface area contributed by atoms with Gasteiger partial charge in [0.2, 0.25) is 0 Å². The fraction of sp³-hybridized carbons (Fsp3) is 0.125. The topological polar surface area (TPSA) is 113 Å². The van der Waals surface area contributed by atoms with E-state index >= 15 is 0 Å². The number of hydrogen-bond donors (Lipinski definition) is 4. The molecular formula is C24H23N5O2. The van der Waals surface area contributed by atoms with Crippen LogP contribution in [0.3, 0.4) is 0 Å². The first-order valence-electron chi connectivity index (χ1n) is 9.98. The molecule has 0 saturated carbocycles. The lowest BCUT2D eigenvalue weighted by Crippen LogP contribution is -2.34. The van der Waals surface area contributed by atoms with Crippen LogP contribution in [0.2, 0.25) is 0 Å². The van der Waals surface area contributed by atoms with Crippen LogP contribution in [0.5, 0.6) is 0 Å². The number of nitrogens with one attached hydrogen (secondary N) is 3. The third kappa shape index (κ3) is 4.56. The zero-order valence-corrected chi connectivity index (χ0v) is 17.1. The van der Waals surface area contributed by atoms with Crippen molar-refractivity contribution >= 4 is 28.5 Å². The summed E-state index contributed by atoms with van der Waals surface area (Å²) in [5, 5.41) is 13.4. The number of amides is 2. The largest absolute Gasteiger partial charge is 0.382 e. The number of hydrogen-bond acceptors (Lipinski definition) is 4. The van der Waals surface area contributed by atoms with Crippen molar-refractivity contribution in [3.05, 3.63) is 83.4 Å². The third-order valence-corrected chi connectivity index (χ3v) is 5.08. The molecule has 0 unspecified atom stereocenters. The molecular weight excluding hydrogens is 390 g/mol. The van der Waals surface area contributed by atoms with Crippen molar-refractivity contribution < 1.29 is 9.59 Å². The van der Waals surface area contributed by atoms with Crippen LogP contribution in [0.15, 0.2) is 66.7 Å². The average Bonchev–Trinajstić information content (AvgIpc) is 3.17. The summed E-state index contributed by atoms with van der Waals surface area (Å²) in [6.07, 6.45) is 0. The van der Waals surface area contributed by atoms with Crippen molar-refractivity contribution in [2.75, 3.05) is 18.8 Å². The SMILES string of the molecule is Cc1ccc(C(=O)NCCNC(=O)c2ccc(-c3ccc4c(N)n[nH]c4c3)cc2)cc1. The molecule has 31 heavy (non-hydrogen) atoms. The highest BCUT2D eigenvalue weighted by molar-refractivity contribution is 5.96. The molecule has 4 rings (SSSR count). The maximum absolute atomic E-state index is 12.4. The van der Waals surface area contributed by atoms with Gasteiger partial charge in [-0.3, -0.25) is 14.7 Å². The molecule has 4 aromatic rings. The molecule has 0 aliphatic heterocycles. The van der Waals surface area contributed by atoms with Crippen LogP contribution in [-0.2, 0) is 0 Å². The molecule has 3 aromatic carbocycles. The fourth-order valence-corrected chi connectivity index (χ4v) is 3.30. The highest BCUT2D eigenvalue weighted by Gasteiger charge is 2.08. The minimum atomic E-state index is -0.187. The second kappa shape index (κ2) is 8.71. The van der Waals surface area contributed by atoms with Gasteiger partial charge in [-0.05, 0) is 54.4 Å². The Labute approximate surface area is 179 Å². The number of aromatic nitrogens is 2. The third-order valence-electron chi connectivity index (χ3n) is 5.08. The Hall–Kier alpha value is -4.13. The monoisotopic (exact) mass is 413 g/mol. The van der Waals surface area contributed by atoms with E-state index in [9.17, 15) is 9.59 Å². The number of anilines is 1. The van der Waals surface area contributed by atoms with E-state index < -0.39 is 0 Å². The average molecular weight is 413 g/mol. The van der Waals surface area contributed by atoms with Crippen molar-refractivity contribution in [1.82, 2.24) is 20.8 Å². The number of carbonyl (C=O) groups is 2. The van der Waals surface area contributed by atoms with E-state index in [2.05, 4.69) is 20.8 Å². The van der Waals surface area contributed by atoms with Gasteiger partial charge in [0.25, 0.3) is 11.8 Å². The fourth-order valence-electron chi connectivity index (χ4n) is 3.30. The maximum Gasteiger partial charge on any atom is 0.251 e. The van der Waals surface area contributed by atoms with Crippen molar-refractivity contribution in [2.45, 2.75) is 6.92 Å². The molecule has 7 nitrogen and oxygen atoms in total. The van der Waals surface area contributed by atoms with E-state index in [0.29, 0.717) is 30.0 Å². The predicted octanol–water partition coefficient (Wildman–Crippen LogP) is 3.28. The number of carbonyl (C=O) groups excluding carboxylic acids is 2. The lowest BCUT2D eigenvalue weighted by atomic mass is 10.0. The van der Waals surface area contributed by atoms with E-state index in [1.165, 1.54) is 0 Å². The van der Waals surface area contributed by atoms with Gasteiger partial charge < -0.3 is 16.4 Å². The lowest BCUT2D eigenvalue weighted by Gasteiger charge is -2.08. The number of aryl methyl sites for hydroxylation is 1. The maximum atomic E-state index is 12.4. The highest BCUT2D eigenvalue weighted by Crippen LogP contribution is 2.26. The first kappa shape index (κ1) is 20.2. The molecule has 0 bridgehead atoms. The normalized spacial score (nSPS) is 10.7. The second-order valence-electron chi connectivity index (χ2n) is 7.32. The van der Waals surface area contributed by atoms with Crippen LogP contribution in [0.4, 0.5) is 5.82 Å². The van der Waals surface area contributed by atoms with E-state index in [1.54, 1.807) is 24.3 Å². The van der Waals surface area contributed by atoms with Gasteiger partial charge in [-0.1, -0.05) is 35.9 Å². The zero-order chi connectivity index (χ0) is 21.8. The Bertz CT molecular complexity index is 1230. The second-order valence-corrected chi connectivity index (χ2v) is 7.32. The highest BCUT2D eigenvalue weighted by atomic mass is 16.2. The molecule has 0 aliphatic rings. The minimum absolute atomic E-state index is 0.158. The first-order chi connectivity index (χ1) is 15.0. The van der Waals surface area contributed by atoms with Gasteiger partial charge in [0, 0.05) is 29.6 Å². The number of H-pyrrole nitrogens is 1. The van der Waals surface area contributed by atoms with E-state index in [1.807, 2.05) is 49.4 Å². The Morgan fingerprint density at radius 1 is 0.839 bits per heavy atom. The number of rotatable bonds is 6. The van der Waals surface area contributed by atoms with Crippen molar-refractivity contribution in [1.29, 1.82) is 0 Å². The number of nitrogens with zero attached hydrogens (tertiary/aromatic N) is 1. The number of nitrogen functional groups attached to an aromatic ring is 1. The Kier molecular flexibility index (Phi) is 5.66. The molecule has 0 saturated heterocycles. The van der Waals surface area contributed by atoms with Crippen LogP contribution in [0, 0.1) is 6.92 Å². The summed E-state index contributed by atoms with van der Waals surface area (Å²) in [5.74, 6) is 0.131. The van der Waals surface area contributed by atoms with Gasteiger partial charge in [-0.15, -0.1) is 0 Å². The van der Waals surface area contributed by atoms with Gasteiger partial charge >= 0.3 is 0 Å². The number of aromatic amines is 1. The first-order valence-corrected chi connectivity index (χ1v) is 9.98. The zero-order valence-electron chi connectivity index (χ0n) is 17.1. The van der Waals surface area contributed by atoms with Gasteiger partial charge in [0.1, 0.15) is 0 Å². The molecule has 0 radical (unpaired) electrons. The summed E-state index contributed by atoms with van der Waals surface area (Å²) in [7, 11) is 0. The summed E-state index contributed by atoms with van der Waals surface area (Å²) < 4.78 is 0. The smallest absolute Gasteiger partial charge is 0.251 e. The molecule has 5 N–H and O–H groups in total. The predicted molar refractivity (Wildman–Crippen MR) is 122 cm³/mol. The molecule has 0 aliphatic carbocycles. The minimum Gasteiger partial charge on any atom is -0.382 e. The number of benzene rings is 3. The number of nitrogens with two attached hydrogens (primary N) is 1. The molecule has 0 spiro atoms. The molecule has 0 fully saturated rings.